The molecular formula is C21H21F6N3O3. The maximum Gasteiger partial charge on any atom is 0.434 e. The number of rotatable bonds is 2. The van der Waals surface area contributed by atoms with E-state index in [1.165, 1.54) is 0 Å². The van der Waals surface area contributed by atoms with Crippen LogP contribution in [-0.4, -0.2) is 70.4 Å². The monoisotopic (exact) mass is 477 g/mol. The van der Waals surface area contributed by atoms with E-state index in [1.54, 1.807) is 29.3 Å². The van der Waals surface area contributed by atoms with E-state index in [-0.39, 0.29) is 31.8 Å². The fraction of sp³-hybridized carbons (Fsp3) is 0.524. The average Bonchev–Trinajstić information content (AvgIpc) is 3.36. The predicted molar refractivity (Wildman–Crippen MR) is 104 cm³/mol. The third kappa shape index (κ3) is 4.47. The lowest BCUT2D eigenvalue weighted by Gasteiger charge is -2.44. The number of likely N-dealkylation sites (tertiary alicyclic amines) is 2. The van der Waals surface area contributed by atoms with Crippen LogP contribution in [-0.2, 0) is 4.74 Å². The van der Waals surface area contributed by atoms with Crippen molar-refractivity contribution in [3.8, 4) is 0 Å². The van der Waals surface area contributed by atoms with Crippen molar-refractivity contribution >= 4 is 22.9 Å². The second-order valence-electron chi connectivity index (χ2n) is 8.40. The molecule has 180 valence electrons. The van der Waals surface area contributed by atoms with E-state index in [4.69, 9.17) is 0 Å². The minimum absolute atomic E-state index is 0.109. The molecular weight excluding hydrogens is 456 g/mol. The van der Waals surface area contributed by atoms with Gasteiger partial charge in [0.1, 0.15) is 0 Å². The molecule has 12 heteroatoms. The van der Waals surface area contributed by atoms with E-state index in [0.29, 0.717) is 24.9 Å². The molecule has 2 aliphatic rings. The van der Waals surface area contributed by atoms with Gasteiger partial charge in [0.05, 0.1) is 0 Å². The first-order valence-electron chi connectivity index (χ1n) is 10.4. The molecule has 1 N–H and O–H groups in total. The normalized spacial score (nSPS) is 19.0. The first-order valence-corrected chi connectivity index (χ1v) is 10.4. The quantitative estimate of drug-likeness (QED) is 0.628. The molecule has 2 aliphatic heterocycles. The van der Waals surface area contributed by atoms with E-state index in [0.717, 1.165) is 15.8 Å². The van der Waals surface area contributed by atoms with Crippen molar-refractivity contribution in [2.75, 3.05) is 19.6 Å². The smallest absolute Gasteiger partial charge is 0.426 e. The summed E-state index contributed by atoms with van der Waals surface area (Å²) >= 11 is 0. The summed E-state index contributed by atoms with van der Waals surface area (Å²) in [5.74, 6) is -0.194. The van der Waals surface area contributed by atoms with E-state index in [1.807, 2.05) is 6.07 Å². The molecule has 1 aromatic carbocycles. The van der Waals surface area contributed by atoms with Crippen LogP contribution in [0.1, 0.15) is 36.0 Å². The number of aromatic amines is 1. The number of H-pyrrole nitrogens is 1. The van der Waals surface area contributed by atoms with Crippen LogP contribution in [0.3, 0.4) is 0 Å². The summed E-state index contributed by atoms with van der Waals surface area (Å²) in [6.45, 7) is 0.266. The molecule has 2 aromatic rings. The van der Waals surface area contributed by atoms with E-state index in [9.17, 15) is 35.9 Å². The molecule has 33 heavy (non-hydrogen) atoms. The number of aromatic nitrogens is 1. The van der Waals surface area contributed by atoms with Crippen LogP contribution in [0.15, 0.2) is 30.5 Å². The summed E-state index contributed by atoms with van der Waals surface area (Å²) in [5.41, 5.74) is 0.767. The number of hydrogen-bond acceptors (Lipinski definition) is 3. The zero-order valence-corrected chi connectivity index (χ0v) is 17.3. The Labute approximate surface area is 184 Å². The standard InChI is InChI=1S/C21H21F6N3O3/c22-20(23,24)17(21(25,26)27)33-18(32)29-10-6-19(7-11-29)5-1-9-30(19)16(31)14-2-3-15-13(12-14)4-8-28-15/h2-4,8,12,17,28H,1,5-7,9-11H2. The number of amides is 2. The van der Waals surface area contributed by atoms with E-state index >= 15 is 0 Å². The molecule has 0 atom stereocenters. The molecule has 0 bridgehead atoms. The number of alkyl halides is 6. The highest BCUT2D eigenvalue weighted by atomic mass is 19.4. The highest BCUT2D eigenvalue weighted by Crippen LogP contribution is 2.41. The molecule has 2 amide bonds. The van der Waals surface area contributed by atoms with Crippen LogP contribution >= 0.6 is 0 Å². The van der Waals surface area contributed by atoms with Gasteiger partial charge in [0.2, 0.25) is 0 Å². The van der Waals surface area contributed by atoms with Gasteiger partial charge in [-0.1, -0.05) is 0 Å². The van der Waals surface area contributed by atoms with Gasteiger partial charge in [0.15, 0.2) is 0 Å². The van der Waals surface area contributed by atoms with Gasteiger partial charge in [-0.25, -0.2) is 4.79 Å². The second-order valence-corrected chi connectivity index (χ2v) is 8.40. The zero-order chi connectivity index (χ0) is 24.0. The second kappa shape index (κ2) is 8.14. The summed E-state index contributed by atoms with van der Waals surface area (Å²) in [6.07, 6.45) is -13.8. The van der Waals surface area contributed by atoms with Crippen molar-refractivity contribution in [2.45, 2.75) is 49.7 Å². The minimum Gasteiger partial charge on any atom is -0.426 e. The number of benzene rings is 1. The molecule has 0 saturated carbocycles. The van der Waals surface area contributed by atoms with Crippen molar-refractivity contribution in [1.82, 2.24) is 14.8 Å². The molecule has 0 radical (unpaired) electrons. The largest absolute Gasteiger partial charge is 0.434 e. The average molecular weight is 477 g/mol. The molecule has 2 saturated heterocycles. The Kier molecular flexibility index (Phi) is 5.73. The Morgan fingerprint density at radius 3 is 2.27 bits per heavy atom. The third-order valence-electron chi connectivity index (χ3n) is 6.41. The van der Waals surface area contributed by atoms with Crippen molar-refractivity contribution in [3.05, 3.63) is 36.0 Å². The maximum absolute atomic E-state index is 13.2. The number of halogens is 6. The molecule has 0 aliphatic carbocycles. The Balaban J connectivity index is 1.44. The summed E-state index contributed by atoms with van der Waals surface area (Å²) in [5, 5.41) is 0.871. The van der Waals surface area contributed by atoms with Gasteiger partial charge in [0.25, 0.3) is 12.0 Å². The summed E-state index contributed by atoms with van der Waals surface area (Å²) in [7, 11) is 0. The molecule has 0 unspecified atom stereocenters. The highest BCUT2D eigenvalue weighted by Gasteiger charge is 2.60. The lowest BCUT2D eigenvalue weighted by atomic mass is 9.84. The maximum atomic E-state index is 13.2. The molecule has 3 heterocycles. The van der Waals surface area contributed by atoms with Crippen molar-refractivity contribution < 1.29 is 40.7 Å². The van der Waals surface area contributed by atoms with Crippen molar-refractivity contribution in [1.29, 1.82) is 0 Å². The van der Waals surface area contributed by atoms with Crippen LogP contribution in [0, 0.1) is 0 Å². The fourth-order valence-corrected chi connectivity index (χ4v) is 4.72. The lowest BCUT2D eigenvalue weighted by Crippen LogP contribution is -2.56. The summed E-state index contributed by atoms with van der Waals surface area (Å²) in [6, 6.07) is 7.10. The molecule has 4 rings (SSSR count). The SMILES string of the molecule is O=C(OC(C(F)(F)F)C(F)(F)F)N1CCC2(CCCN2C(=O)c2ccc3[nH]ccc3c2)CC1. The van der Waals surface area contributed by atoms with Gasteiger partial charge in [0, 0.05) is 47.8 Å². The summed E-state index contributed by atoms with van der Waals surface area (Å²) in [4.78, 5) is 30.9. The van der Waals surface area contributed by atoms with Crippen LogP contribution < -0.4 is 0 Å². The molecule has 2 fully saturated rings. The van der Waals surface area contributed by atoms with Gasteiger partial charge in [-0.3, -0.25) is 4.79 Å². The van der Waals surface area contributed by atoms with Crippen LogP contribution in [0.2, 0.25) is 0 Å². The van der Waals surface area contributed by atoms with Gasteiger partial charge in [-0.2, -0.15) is 26.3 Å². The Bertz CT molecular complexity index is 1030. The van der Waals surface area contributed by atoms with Gasteiger partial charge in [-0.15, -0.1) is 0 Å². The fourth-order valence-electron chi connectivity index (χ4n) is 4.72. The number of hydrogen-bond donors (Lipinski definition) is 1. The topological polar surface area (TPSA) is 65.6 Å². The molecule has 1 aromatic heterocycles. The minimum atomic E-state index is -5.76. The third-order valence-corrected chi connectivity index (χ3v) is 6.41. The Morgan fingerprint density at radius 2 is 1.64 bits per heavy atom. The lowest BCUT2D eigenvalue weighted by molar-refractivity contribution is -0.308. The summed E-state index contributed by atoms with van der Waals surface area (Å²) < 4.78 is 80.0. The number of nitrogens with one attached hydrogen (secondary N) is 1. The first kappa shape index (κ1) is 23.2. The number of ether oxygens (including phenoxy) is 1. The van der Waals surface area contributed by atoms with Gasteiger partial charge >= 0.3 is 18.4 Å². The number of carbonyl (C=O) groups is 2. The van der Waals surface area contributed by atoms with Crippen molar-refractivity contribution in [3.63, 3.8) is 0 Å². The molecule has 1 spiro atoms. The molecule has 6 nitrogen and oxygen atoms in total. The number of fused-ring (bicyclic) bond motifs is 1. The number of nitrogens with zero attached hydrogens (tertiary/aromatic N) is 2. The van der Waals surface area contributed by atoms with E-state index in [2.05, 4.69) is 9.72 Å². The highest BCUT2D eigenvalue weighted by molar-refractivity contribution is 5.98. The van der Waals surface area contributed by atoms with Gasteiger partial charge in [-0.05, 0) is 49.9 Å². The predicted octanol–water partition coefficient (Wildman–Crippen LogP) is 4.87. The van der Waals surface area contributed by atoms with Crippen LogP contribution in [0.25, 0.3) is 10.9 Å². The van der Waals surface area contributed by atoms with Crippen LogP contribution in [0.4, 0.5) is 31.1 Å². The van der Waals surface area contributed by atoms with Gasteiger partial charge < -0.3 is 19.5 Å². The number of piperidine rings is 1. The Hall–Kier alpha value is -2.92. The van der Waals surface area contributed by atoms with Crippen molar-refractivity contribution in [2.24, 2.45) is 0 Å². The van der Waals surface area contributed by atoms with E-state index < -0.39 is 30.1 Å². The number of carbonyl (C=O) groups excluding carboxylic acids is 2. The van der Waals surface area contributed by atoms with Crippen LogP contribution in [0.5, 0.6) is 0 Å². The Morgan fingerprint density at radius 1 is 0.970 bits per heavy atom. The first-order chi connectivity index (χ1) is 15.4. The zero-order valence-electron chi connectivity index (χ0n) is 17.3.